The second kappa shape index (κ2) is 2.37. The van der Waals surface area contributed by atoms with Gasteiger partial charge in [-0.25, -0.2) is 0 Å². The maximum Gasteiger partial charge on any atom is 0.399 e. The lowest BCUT2D eigenvalue weighted by Crippen LogP contribution is -1.88. The van der Waals surface area contributed by atoms with E-state index < -0.39 is 5.92 Å². The van der Waals surface area contributed by atoms with Crippen molar-refractivity contribution in [2.75, 3.05) is 0 Å². The maximum absolute atomic E-state index is 10.3. The van der Waals surface area contributed by atoms with E-state index in [1.54, 1.807) is 0 Å². The Morgan fingerprint density at radius 3 is 1.17 bits per heavy atom. The smallest absolute Gasteiger partial charge is 0.399 e. The van der Waals surface area contributed by atoms with Crippen molar-refractivity contribution in [2.45, 2.75) is 5.92 Å². The van der Waals surface area contributed by atoms with Gasteiger partial charge in [-0.15, -0.1) is 0 Å². The second-order valence-electron chi connectivity index (χ2n) is 0.542. The molecule has 0 aliphatic heterocycles. The number of halogens is 3. The van der Waals surface area contributed by atoms with Crippen LogP contribution in [0.15, 0.2) is 0 Å². The van der Waals surface area contributed by atoms with Gasteiger partial charge in [0.1, 0.15) is 0 Å². The molecule has 0 saturated heterocycles. The van der Waals surface area contributed by atoms with E-state index >= 15 is 0 Å². The zero-order chi connectivity index (χ0) is 4.50. The molecular weight excluding hydrogens is 116 g/mol. The summed E-state index contributed by atoms with van der Waals surface area (Å²) in [5.41, 5.74) is 0. The molecule has 0 fully saturated rings. The highest BCUT2D eigenvalue weighted by Gasteiger charge is 2.15. The van der Waals surface area contributed by atoms with Gasteiger partial charge in [0, 0.05) is 0 Å². The van der Waals surface area contributed by atoms with Gasteiger partial charge in [-0.05, 0) is 9.24 Å². The van der Waals surface area contributed by atoms with E-state index in [1.165, 1.54) is 0 Å². The Morgan fingerprint density at radius 2 is 1.17 bits per heavy atom. The van der Waals surface area contributed by atoms with Crippen LogP contribution in [-0.4, -0.2) is 11.4 Å². The first-order valence-electron chi connectivity index (χ1n) is 0.856. The highest BCUT2D eigenvalue weighted by molar-refractivity contribution is 7.17. The number of rotatable bonds is 0. The lowest BCUT2D eigenvalue weighted by atomic mass is 11.6. The van der Waals surface area contributed by atoms with Gasteiger partial charge in [0.2, 0.25) is 0 Å². The molecule has 0 bridgehead atoms. The predicted octanol–water partition coefficient (Wildman–Crippen LogP) is 0.557. The molecule has 0 saturated carbocycles. The standard InChI is InChI=1S/CH2F3P.H2O/c2-1(3,4)5;/h5H2;1H2. The lowest BCUT2D eigenvalue weighted by Gasteiger charge is -1.88. The summed E-state index contributed by atoms with van der Waals surface area (Å²) >= 11 is 0. The average Bonchev–Trinajstić information content (AvgIpc) is 0.722. The van der Waals surface area contributed by atoms with Gasteiger partial charge >= 0.3 is 5.92 Å². The highest BCUT2D eigenvalue weighted by Crippen LogP contribution is 2.21. The number of hydrogen-bond donors (Lipinski definition) is 0. The van der Waals surface area contributed by atoms with Crippen molar-refractivity contribution in [3.05, 3.63) is 0 Å². The van der Waals surface area contributed by atoms with Gasteiger partial charge in [0.05, 0.1) is 0 Å². The molecule has 0 aromatic rings. The summed E-state index contributed by atoms with van der Waals surface area (Å²) in [5.74, 6) is -4.08. The van der Waals surface area contributed by atoms with Crippen LogP contribution in [0, 0.1) is 0 Å². The van der Waals surface area contributed by atoms with Gasteiger partial charge in [0.25, 0.3) is 0 Å². The Morgan fingerprint density at radius 1 is 1.17 bits per heavy atom. The molecule has 2 N–H and O–H groups in total. The van der Waals surface area contributed by atoms with Crippen molar-refractivity contribution < 1.29 is 18.6 Å². The molecule has 0 rings (SSSR count). The van der Waals surface area contributed by atoms with Gasteiger partial charge in [0.15, 0.2) is 0 Å². The van der Waals surface area contributed by atoms with Crippen molar-refractivity contribution in [2.24, 2.45) is 0 Å². The van der Waals surface area contributed by atoms with Crippen molar-refractivity contribution in [3.63, 3.8) is 0 Å². The van der Waals surface area contributed by atoms with Gasteiger partial charge in [-0.2, -0.15) is 13.2 Å². The summed E-state index contributed by atoms with van der Waals surface area (Å²) in [4.78, 5) is 0. The predicted molar refractivity (Wildman–Crippen MR) is 19.4 cm³/mol. The zero-order valence-corrected chi connectivity index (χ0v) is 3.87. The largest absolute Gasteiger partial charge is 0.412 e. The van der Waals surface area contributed by atoms with Crippen LogP contribution < -0.4 is 0 Å². The Labute approximate surface area is 35.0 Å². The second-order valence-corrected chi connectivity index (χ2v) is 1.20. The van der Waals surface area contributed by atoms with E-state index in [4.69, 9.17) is 0 Å². The maximum atomic E-state index is 10.3. The van der Waals surface area contributed by atoms with E-state index in [2.05, 4.69) is 0 Å². The summed E-state index contributed by atoms with van der Waals surface area (Å²) in [7, 11) is 0.715. The van der Waals surface area contributed by atoms with Crippen LogP contribution in [0.2, 0.25) is 0 Å². The molecule has 6 heavy (non-hydrogen) atoms. The van der Waals surface area contributed by atoms with E-state index in [9.17, 15) is 13.2 Å². The first-order chi connectivity index (χ1) is 2.00. The molecule has 1 nitrogen and oxygen atoms in total. The molecule has 0 spiro atoms. The van der Waals surface area contributed by atoms with Crippen LogP contribution >= 0.6 is 9.24 Å². The van der Waals surface area contributed by atoms with Crippen LogP contribution in [0.4, 0.5) is 13.2 Å². The van der Waals surface area contributed by atoms with Crippen LogP contribution in [0.3, 0.4) is 0 Å². The molecule has 0 aromatic heterocycles. The molecule has 5 heteroatoms. The van der Waals surface area contributed by atoms with E-state index in [0.717, 1.165) is 0 Å². The number of alkyl halides is 3. The molecule has 0 amide bonds. The minimum absolute atomic E-state index is 0. The molecular formula is CH4F3OP. The molecule has 1 unspecified atom stereocenters. The van der Waals surface area contributed by atoms with Gasteiger partial charge in [-0.1, -0.05) is 0 Å². The zero-order valence-electron chi connectivity index (χ0n) is 2.71. The minimum Gasteiger partial charge on any atom is -0.412 e. The summed E-state index contributed by atoms with van der Waals surface area (Å²) in [5, 5.41) is 0. The quantitative estimate of drug-likeness (QED) is 0.418. The van der Waals surface area contributed by atoms with Gasteiger partial charge in [-0.3, -0.25) is 0 Å². The Bertz CT molecular complexity index is 26.3. The molecule has 0 aliphatic carbocycles. The summed E-state index contributed by atoms with van der Waals surface area (Å²) in [6.45, 7) is 0. The van der Waals surface area contributed by atoms with Crippen molar-refractivity contribution in [3.8, 4) is 0 Å². The monoisotopic (exact) mass is 120 g/mol. The van der Waals surface area contributed by atoms with E-state index in [0.29, 0.717) is 9.24 Å². The topological polar surface area (TPSA) is 31.5 Å². The molecule has 0 aliphatic rings. The third kappa shape index (κ3) is 1300. The fraction of sp³-hybridized carbons (Fsp3) is 1.00. The summed E-state index contributed by atoms with van der Waals surface area (Å²) in [6.07, 6.45) is 0. The van der Waals surface area contributed by atoms with Crippen LogP contribution in [0.5, 0.6) is 0 Å². The van der Waals surface area contributed by atoms with E-state index in [-0.39, 0.29) is 5.48 Å². The van der Waals surface area contributed by atoms with Crippen LogP contribution in [-0.2, 0) is 0 Å². The Kier molecular flexibility index (Phi) is 3.75. The minimum atomic E-state index is -4.08. The van der Waals surface area contributed by atoms with Crippen LogP contribution in [0.1, 0.15) is 0 Å². The lowest BCUT2D eigenvalue weighted by molar-refractivity contribution is -0.0341. The SMILES string of the molecule is FC(F)(F)P.O. The highest BCUT2D eigenvalue weighted by atomic mass is 31.0. The number of hydrogen-bond acceptors (Lipinski definition) is 0. The Hall–Kier alpha value is 0.180. The molecule has 40 valence electrons. The first-order valence-corrected chi connectivity index (χ1v) is 1.43. The molecule has 0 radical (unpaired) electrons. The van der Waals surface area contributed by atoms with Crippen molar-refractivity contribution >= 4 is 9.24 Å². The summed E-state index contributed by atoms with van der Waals surface area (Å²) in [6, 6.07) is 0. The third-order valence-electron chi connectivity index (χ3n) is 0. The fourth-order valence-corrected chi connectivity index (χ4v) is 0. The molecule has 0 aromatic carbocycles. The van der Waals surface area contributed by atoms with Crippen molar-refractivity contribution in [1.29, 1.82) is 0 Å². The van der Waals surface area contributed by atoms with Crippen LogP contribution in [0.25, 0.3) is 0 Å². The fourth-order valence-electron chi connectivity index (χ4n) is 0. The molecule has 1 atom stereocenters. The average molecular weight is 120 g/mol. The van der Waals surface area contributed by atoms with Crippen molar-refractivity contribution in [1.82, 2.24) is 0 Å². The Balaban J connectivity index is 0. The normalized spacial score (nSPS) is 10.0. The third-order valence-corrected chi connectivity index (χ3v) is 0. The first kappa shape index (κ1) is 9.49. The van der Waals surface area contributed by atoms with Gasteiger partial charge < -0.3 is 5.48 Å². The molecule has 0 heterocycles. The van der Waals surface area contributed by atoms with E-state index in [1.807, 2.05) is 0 Å². The summed E-state index contributed by atoms with van der Waals surface area (Å²) < 4.78 is 31.0.